The van der Waals surface area contributed by atoms with Gasteiger partial charge in [-0.2, -0.15) is 0 Å². The predicted octanol–water partition coefficient (Wildman–Crippen LogP) is 4.09. The Morgan fingerprint density at radius 3 is 2.48 bits per heavy atom. The zero-order chi connectivity index (χ0) is 18.3. The van der Waals surface area contributed by atoms with Crippen molar-refractivity contribution in [2.45, 2.75) is 32.8 Å². The molecule has 6 nitrogen and oxygen atoms in total. The second kappa shape index (κ2) is 8.37. The van der Waals surface area contributed by atoms with Crippen molar-refractivity contribution in [3.8, 4) is 5.75 Å². The third-order valence-electron chi connectivity index (χ3n) is 3.21. The van der Waals surface area contributed by atoms with Crippen molar-refractivity contribution in [3.63, 3.8) is 0 Å². The van der Waals surface area contributed by atoms with Gasteiger partial charge in [-0.15, -0.1) is 0 Å². The summed E-state index contributed by atoms with van der Waals surface area (Å²) < 4.78 is 10.9. The number of carbonyl (C=O) groups excluding carboxylic acids is 1. The third kappa shape index (κ3) is 6.71. The molecule has 6 heteroatoms. The van der Waals surface area contributed by atoms with E-state index in [-0.39, 0.29) is 0 Å². The summed E-state index contributed by atoms with van der Waals surface area (Å²) in [7, 11) is 1.87. The third-order valence-corrected chi connectivity index (χ3v) is 3.21. The Morgan fingerprint density at radius 1 is 1.12 bits per heavy atom. The van der Waals surface area contributed by atoms with Crippen molar-refractivity contribution in [1.29, 1.82) is 0 Å². The van der Waals surface area contributed by atoms with Gasteiger partial charge in [0.05, 0.1) is 6.61 Å². The Morgan fingerprint density at radius 2 is 1.84 bits per heavy atom. The van der Waals surface area contributed by atoms with Gasteiger partial charge in [0.2, 0.25) is 0 Å². The van der Waals surface area contributed by atoms with Gasteiger partial charge in [0.15, 0.2) is 0 Å². The first-order valence-corrected chi connectivity index (χ1v) is 8.22. The molecule has 0 aliphatic carbocycles. The van der Waals surface area contributed by atoms with Crippen LogP contribution in [0, 0.1) is 0 Å². The summed E-state index contributed by atoms with van der Waals surface area (Å²) in [6.07, 6.45) is 0.121. The summed E-state index contributed by atoms with van der Waals surface area (Å²) in [4.78, 5) is 16.2. The van der Waals surface area contributed by atoms with E-state index in [0.29, 0.717) is 18.8 Å². The Labute approximate surface area is 148 Å². The number of carbonyl (C=O) groups is 1. The second-order valence-electron chi connectivity index (χ2n) is 6.51. The minimum atomic E-state index is -0.543. The Bertz CT molecular complexity index is 694. The monoisotopic (exact) mass is 343 g/mol. The summed E-state index contributed by atoms with van der Waals surface area (Å²) in [6.45, 7) is 5.95. The lowest BCUT2D eigenvalue weighted by molar-refractivity contribution is 0.0635. The van der Waals surface area contributed by atoms with Gasteiger partial charge in [-0.1, -0.05) is 6.07 Å². The molecule has 2 aromatic rings. The number of nitrogens with zero attached hydrogens (tertiary/aromatic N) is 1. The lowest BCUT2D eigenvalue weighted by atomic mass is 10.2. The zero-order valence-electron chi connectivity index (χ0n) is 15.1. The maximum absolute atomic E-state index is 11.8. The molecule has 0 radical (unpaired) electrons. The minimum absolute atomic E-state index is 0.463. The maximum atomic E-state index is 11.8. The molecule has 2 rings (SSSR count). The Balaban J connectivity index is 1.85. The maximum Gasteiger partial charge on any atom is 0.413 e. The van der Waals surface area contributed by atoms with Crippen LogP contribution in [0.5, 0.6) is 5.75 Å². The van der Waals surface area contributed by atoms with Gasteiger partial charge in [-0.25, -0.2) is 9.78 Å². The summed E-state index contributed by atoms with van der Waals surface area (Å²) >= 11 is 0. The van der Waals surface area contributed by atoms with Crippen LogP contribution in [0.3, 0.4) is 0 Å². The van der Waals surface area contributed by atoms with Gasteiger partial charge in [-0.3, -0.25) is 5.32 Å². The molecule has 0 spiro atoms. The van der Waals surface area contributed by atoms with Crippen LogP contribution in [0.15, 0.2) is 42.5 Å². The lowest BCUT2D eigenvalue weighted by Crippen LogP contribution is -2.27. The number of nitrogens with one attached hydrogen (secondary N) is 2. The molecule has 0 fully saturated rings. The average Bonchev–Trinajstić information content (AvgIpc) is 2.54. The number of pyridine rings is 1. The number of anilines is 2. The first-order chi connectivity index (χ1) is 11.9. The predicted molar refractivity (Wildman–Crippen MR) is 99.3 cm³/mol. The molecule has 2 N–H and O–H groups in total. The standard InChI is InChI=1S/C19H25N3O3/c1-19(2,3)25-18(23)22-17-7-5-6-15(21-17)12-13-24-16-10-8-14(20-4)9-11-16/h5-11,20H,12-13H2,1-4H3,(H,21,22,23). The van der Waals surface area contributed by atoms with Crippen molar-refractivity contribution in [1.82, 2.24) is 4.98 Å². The van der Waals surface area contributed by atoms with E-state index in [2.05, 4.69) is 15.6 Å². The molecule has 0 saturated carbocycles. The summed E-state index contributed by atoms with van der Waals surface area (Å²) in [5, 5.41) is 5.70. The SMILES string of the molecule is CNc1ccc(OCCc2cccc(NC(=O)OC(C)(C)C)n2)cc1. The normalized spacial score (nSPS) is 10.9. The van der Waals surface area contributed by atoms with E-state index in [4.69, 9.17) is 9.47 Å². The Kier molecular flexibility index (Phi) is 6.22. The highest BCUT2D eigenvalue weighted by atomic mass is 16.6. The fourth-order valence-corrected chi connectivity index (χ4v) is 2.09. The molecule has 0 aliphatic heterocycles. The van der Waals surface area contributed by atoms with Crippen LogP contribution in [0.1, 0.15) is 26.5 Å². The number of aromatic nitrogens is 1. The smallest absolute Gasteiger partial charge is 0.413 e. The molecule has 0 unspecified atom stereocenters. The van der Waals surface area contributed by atoms with Gasteiger partial charge in [0, 0.05) is 24.8 Å². The Hall–Kier alpha value is -2.76. The number of hydrogen-bond acceptors (Lipinski definition) is 5. The first kappa shape index (κ1) is 18.6. The van der Waals surface area contributed by atoms with E-state index < -0.39 is 11.7 Å². The minimum Gasteiger partial charge on any atom is -0.493 e. The average molecular weight is 343 g/mol. The molecular weight excluding hydrogens is 318 g/mol. The molecule has 0 saturated heterocycles. The van der Waals surface area contributed by atoms with Gasteiger partial charge in [-0.05, 0) is 57.2 Å². The molecule has 1 aromatic carbocycles. The van der Waals surface area contributed by atoms with Crippen molar-refractivity contribution in [2.75, 3.05) is 24.3 Å². The fraction of sp³-hybridized carbons (Fsp3) is 0.368. The number of rotatable bonds is 6. The molecule has 1 heterocycles. The van der Waals surface area contributed by atoms with Crippen molar-refractivity contribution in [3.05, 3.63) is 48.2 Å². The van der Waals surface area contributed by atoms with Crippen LogP contribution in [-0.2, 0) is 11.2 Å². The number of hydrogen-bond donors (Lipinski definition) is 2. The molecule has 25 heavy (non-hydrogen) atoms. The number of ether oxygens (including phenoxy) is 2. The van der Waals surface area contributed by atoms with E-state index in [1.165, 1.54) is 0 Å². The zero-order valence-corrected chi connectivity index (χ0v) is 15.1. The highest BCUT2D eigenvalue weighted by Crippen LogP contribution is 2.16. The topological polar surface area (TPSA) is 72.5 Å². The van der Waals surface area contributed by atoms with Crippen molar-refractivity contribution >= 4 is 17.6 Å². The van der Waals surface area contributed by atoms with Crippen molar-refractivity contribution in [2.24, 2.45) is 0 Å². The van der Waals surface area contributed by atoms with E-state index in [1.807, 2.05) is 64.2 Å². The molecule has 0 atom stereocenters. The lowest BCUT2D eigenvalue weighted by Gasteiger charge is -2.19. The van der Waals surface area contributed by atoms with Crippen LogP contribution in [0.25, 0.3) is 0 Å². The van der Waals surface area contributed by atoms with Crippen LogP contribution in [-0.4, -0.2) is 30.3 Å². The molecule has 1 amide bonds. The van der Waals surface area contributed by atoms with E-state index >= 15 is 0 Å². The fourth-order valence-electron chi connectivity index (χ4n) is 2.09. The number of benzene rings is 1. The molecule has 0 aliphatic rings. The van der Waals surface area contributed by atoms with Gasteiger partial charge >= 0.3 is 6.09 Å². The van der Waals surface area contributed by atoms with Crippen LogP contribution in [0.4, 0.5) is 16.3 Å². The highest BCUT2D eigenvalue weighted by molar-refractivity contribution is 5.83. The highest BCUT2D eigenvalue weighted by Gasteiger charge is 2.16. The molecule has 0 bridgehead atoms. The van der Waals surface area contributed by atoms with Crippen LogP contribution < -0.4 is 15.4 Å². The van der Waals surface area contributed by atoms with Gasteiger partial charge in [0.1, 0.15) is 17.2 Å². The van der Waals surface area contributed by atoms with Crippen molar-refractivity contribution < 1.29 is 14.3 Å². The second-order valence-corrected chi connectivity index (χ2v) is 6.51. The molecule has 1 aromatic heterocycles. The molecular formula is C19H25N3O3. The van der Waals surface area contributed by atoms with Gasteiger partial charge in [0.25, 0.3) is 0 Å². The van der Waals surface area contributed by atoms with Gasteiger partial charge < -0.3 is 14.8 Å². The van der Waals surface area contributed by atoms with Crippen LogP contribution in [0.2, 0.25) is 0 Å². The largest absolute Gasteiger partial charge is 0.493 e. The summed E-state index contributed by atoms with van der Waals surface area (Å²) in [6, 6.07) is 13.2. The van der Waals surface area contributed by atoms with E-state index in [9.17, 15) is 4.79 Å². The van der Waals surface area contributed by atoms with E-state index in [0.717, 1.165) is 17.1 Å². The number of amides is 1. The summed E-state index contributed by atoms with van der Waals surface area (Å²) in [5.74, 6) is 1.27. The van der Waals surface area contributed by atoms with E-state index in [1.54, 1.807) is 6.07 Å². The quantitative estimate of drug-likeness (QED) is 0.826. The first-order valence-electron chi connectivity index (χ1n) is 8.22. The molecule has 134 valence electrons. The van der Waals surface area contributed by atoms with Crippen LogP contribution >= 0.6 is 0 Å². The summed E-state index contributed by atoms with van der Waals surface area (Å²) in [5.41, 5.74) is 1.33.